The first-order chi connectivity index (χ1) is 15.0. The van der Waals surface area contributed by atoms with E-state index in [9.17, 15) is 13.2 Å². The molecule has 4 heterocycles. The summed E-state index contributed by atoms with van der Waals surface area (Å²) in [6.45, 7) is 1.36. The molecule has 31 heavy (non-hydrogen) atoms. The maximum absolute atomic E-state index is 12.9. The SMILES string of the molecule is O=C(Nc1nc(-c2ccc3c(c2)OCCO3)cs1)[C@H]1CCCN1S(=O)(=O)c1cccs1. The minimum absolute atomic E-state index is 0.252. The third-order valence-corrected chi connectivity index (χ3v) is 9.18. The molecule has 2 aromatic heterocycles. The molecule has 3 aromatic rings. The summed E-state index contributed by atoms with van der Waals surface area (Å²) in [6.07, 6.45) is 1.12. The van der Waals surface area contributed by atoms with Gasteiger partial charge in [-0.1, -0.05) is 6.07 Å². The predicted octanol–water partition coefficient (Wildman–Crippen LogP) is 3.43. The van der Waals surface area contributed by atoms with E-state index in [4.69, 9.17) is 9.47 Å². The number of anilines is 1. The van der Waals surface area contributed by atoms with Crippen LogP contribution in [0.25, 0.3) is 11.3 Å². The number of nitrogens with one attached hydrogen (secondary N) is 1. The van der Waals surface area contributed by atoms with Crippen LogP contribution in [0.4, 0.5) is 5.13 Å². The molecule has 0 aliphatic carbocycles. The number of benzene rings is 1. The fourth-order valence-corrected chi connectivity index (χ4v) is 7.17. The number of thiazole rings is 1. The van der Waals surface area contributed by atoms with E-state index in [1.54, 1.807) is 17.5 Å². The molecule has 0 bridgehead atoms. The highest BCUT2D eigenvalue weighted by Crippen LogP contribution is 2.36. The predicted molar refractivity (Wildman–Crippen MR) is 118 cm³/mol. The van der Waals surface area contributed by atoms with Gasteiger partial charge < -0.3 is 14.8 Å². The van der Waals surface area contributed by atoms with Gasteiger partial charge in [0.25, 0.3) is 10.0 Å². The number of hydrogen-bond donors (Lipinski definition) is 1. The number of amides is 1. The molecule has 1 amide bonds. The summed E-state index contributed by atoms with van der Waals surface area (Å²) in [5.74, 6) is 1.01. The lowest BCUT2D eigenvalue weighted by atomic mass is 10.1. The average Bonchev–Trinajstić information content (AvgIpc) is 3.55. The molecule has 162 valence electrons. The summed E-state index contributed by atoms with van der Waals surface area (Å²) in [6, 6.07) is 8.11. The number of hydrogen-bond acceptors (Lipinski definition) is 8. The van der Waals surface area contributed by atoms with Crippen molar-refractivity contribution in [1.82, 2.24) is 9.29 Å². The number of nitrogens with zero attached hydrogens (tertiary/aromatic N) is 2. The van der Waals surface area contributed by atoms with E-state index in [1.165, 1.54) is 15.6 Å². The minimum atomic E-state index is -3.68. The molecule has 0 unspecified atom stereocenters. The highest BCUT2D eigenvalue weighted by atomic mass is 32.2. The zero-order valence-electron chi connectivity index (χ0n) is 16.3. The van der Waals surface area contributed by atoms with Crippen molar-refractivity contribution in [3.63, 3.8) is 0 Å². The van der Waals surface area contributed by atoms with Crippen LogP contribution in [0, 0.1) is 0 Å². The zero-order chi connectivity index (χ0) is 21.4. The van der Waals surface area contributed by atoms with E-state index in [0.717, 1.165) is 16.9 Å². The second kappa shape index (κ2) is 8.23. The number of thiophene rings is 1. The summed E-state index contributed by atoms with van der Waals surface area (Å²) in [7, 11) is -3.68. The van der Waals surface area contributed by atoms with Gasteiger partial charge in [0.05, 0.1) is 5.69 Å². The average molecular weight is 478 g/mol. The first-order valence-electron chi connectivity index (χ1n) is 9.74. The van der Waals surface area contributed by atoms with Crippen molar-refractivity contribution in [3.8, 4) is 22.8 Å². The Morgan fingerprint density at radius 2 is 2.00 bits per heavy atom. The molecule has 0 saturated carbocycles. The minimum Gasteiger partial charge on any atom is -0.486 e. The molecular formula is C20H19N3O5S3. The first kappa shape index (κ1) is 20.4. The normalized spacial score (nSPS) is 18.8. The van der Waals surface area contributed by atoms with Crippen molar-refractivity contribution in [2.24, 2.45) is 0 Å². The summed E-state index contributed by atoms with van der Waals surface area (Å²) >= 11 is 2.45. The van der Waals surface area contributed by atoms with Crippen LogP contribution in [0.1, 0.15) is 12.8 Å². The fourth-order valence-electron chi connectivity index (χ4n) is 3.67. The molecule has 8 nitrogen and oxygen atoms in total. The van der Waals surface area contributed by atoms with Crippen LogP contribution in [-0.4, -0.2) is 49.4 Å². The second-order valence-corrected chi connectivity index (χ2v) is 11.0. The largest absolute Gasteiger partial charge is 0.486 e. The van der Waals surface area contributed by atoms with Gasteiger partial charge in [-0.25, -0.2) is 13.4 Å². The topological polar surface area (TPSA) is 97.8 Å². The molecule has 2 aliphatic heterocycles. The van der Waals surface area contributed by atoms with Crippen LogP contribution in [0.5, 0.6) is 11.5 Å². The number of aromatic nitrogens is 1. The Morgan fingerprint density at radius 1 is 1.16 bits per heavy atom. The smallest absolute Gasteiger partial charge is 0.253 e. The Labute approximate surface area is 187 Å². The van der Waals surface area contributed by atoms with Crippen molar-refractivity contribution < 1.29 is 22.7 Å². The van der Waals surface area contributed by atoms with E-state index in [0.29, 0.717) is 54.9 Å². The highest BCUT2D eigenvalue weighted by molar-refractivity contribution is 7.91. The molecule has 1 N–H and O–H groups in total. The van der Waals surface area contributed by atoms with E-state index in [-0.39, 0.29) is 10.1 Å². The number of carbonyl (C=O) groups is 1. The third-order valence-electron chi connectivity index (χ3n) is 5.14. The number of rotatable bonds is 5. The van der Waals surface area contributed by atoms with Crippen molar-refractivity contribution in [2.75, 3.05) is 25.1 Å². The summed E-state index contributed by atoms with van der Waals surface area (Å²) in [5, 5.41) is 6.78. The monoisotopic (exact) mass is 477 g/mol. The van der Waals surface area contributed by atoms with E-state index >= 15 is 0 Å². The van der Waals surface area contributed by atoms with Crippen LogP contribution < -0.4 is 14.8 Å². The summed E-state index contributed by atoms with van der Waals surface area (Å²) < 4.78 is 38.5. The maximum atomic E-state index is 12.9. The molecule has 0 radical (unpaired) electrons. The molecule has 2 aliphatic rings. The van der Waals surface area contributed by atoms with Crippen LogP contribution in [0.15, 0.2) is 45.3 Å². The van der Waals surface area contributed by atoms with Gasteiger partial charge in [0.15, 0.2) is 16.6 Å². The van der Waals surface area contributed by atoms with Crippen LogP contribution in [0.3, 0.4) is 0 Å². The van der Waals surface area contributed by atoms with Gasteiger partial charge in [-0.2, -0.15) is 4.31 Å². The van der Waals surface area contributed by atoms with Crippen LogP contribution in [-0.2, 0) is 14.8 Å². The van der Waals surface area contributed by atoms with Crippen LogP contribution >= 0.6 is 22.7 Å². The lowest BCUT2D eigenvalue weighted by Gasteiger charge is -2.22. The van der Waals surface area contributed by atoms with Gasteiger partial charge >= 0.3 is 0 Å². The number of ether oxygens (including phenoxy) is 2. The van der Waals surface area contributed by atoms with Gasteiger partial charge in [-0.15, -0.1) is 22.7 Å². The number of carbonyl (C=O) groups excluding carboxylic acids is 1. The molecule has 5 rings (SSSR count). The zero-order valence-corrected chi connectivity index (χ0v) is 18.8. The van der Waals surface area contributed by atoms with E-state index < -0.39 is 16.1 Å². The number of sulfonamides is 1. The second-order valence-electron chi connectivity index (χ2n) is 7.09. The van der Waals surface area contributed by atoms with Crippen molar-refractivity contribution >= 4 is 43.7 Å². The van der Waals surface area contributed by atoms with Crippen molar-refractivity contribution in [1.29, 1.82) is 0 Å². The van der Waals surface area contributed by atoms with Crippen LogP contribution in [0.2, 0.25) is 0 Å². The molecule has 1 fully saturated rings. The van der Waals surface area contributed by atoms with Gasteiger partial charge in [-0.3, -0.25) is 4.79 Å². The standard InChI is InChI=1S/C20H19N3O5S3/c24-19(15-3-1-7-23(15)31(25,26)18-4-2-10-29-18)22-20-21-14(12-30-20)13-5-6-16-17(11-13)28-9-8-27-16/h2,4-6,10-12,15H,1,3,7-9H2,(H,21,22,24)/t15-/m1/s1. The summed E-state index contributed by atoms with van der Waals surface area (Å²) in [4.78, 5) is 17.4. The van der Waals surface area contributed by atoms with Gasteiger partial charge in [-0.05, 0) is 42.5 Å². The molecule has 0 spiro atoms. The molecular weight excluding hydrogens is 458 g/mol. The van der Waals surface area contributed by atoms with E-state index in [2.05, 4.69) is 10.3 Å². The maximum Gasteiger partial charge on any atom is 0.253 e. The van der Waals surface area contributed by atoms with Crippen molar-refractivity contribution in [2.45, 2.75) is 23.1 Å². The molecule has 1 aromatic carbocycles. The third kappa shape index (κ3) is 3.93. The Hall–Kier alpha value is -2.47. The Bertz CT molecular complexity index is 1210. The summed E-state index contributed by atoms with van der Waals surface area (Å²) in [5.41, 5.74) is 1.55. The lowest BCUT2D eigenvalue weighted by molar-refractivity contribution is -0.119. The molecule has 1 atom stereocenters. The van der Waals surface area contributed by atoms with Gasteiger partial charge in [0, 0.05) is 17.5 Å². The Morgan fingerprint density at radius 3 is 2.81 bits per heavy atom. The Kier molecular flexibility index (Phi) is 5.42. The van der Waals surface area contributed by atoms with E-state index in [1.807, 2.05) is 23.6 Å². The van der Waals surface area contributed by atoms with Crippen molar-refractivity contribution in [3.05, 3.63) is 41.1 Å². The van der Waals surface area contributed by atoms with Gasteiger partial charge in [0.1, 0.15) is 23.5 Å². The Balaban J connectivity index is 1.32. The number of fused-ring (bicyclic) bond motifs is 1. The quantitative estimate of drug-likeness (QED) is 0.605. The highest BCUT2D eigenvalue weighted by Gasteiger charge is 2.40. The van der Waals surface area contributed by atoms with Gasteiger partial charge in [0.2, 0.25) is 5.91 Å². The molecule has 1 saturated heterocycles. The lowest BCUT2D eigenvalue weighted by Crippen LogP contribution is -2.42. The molecule has 11 heteroatoms. The fraction of sp³-hybridized carbons (Fsp3) is 0.300. The first-order valence-corrected chi connectivity index (χ1v) is 12.9.